The van der Waals surface area contributed by atoms with E-state index in [4.69, 9.17) is 4.74 Å². The maximum Gasteiger partial charge on any atom is 0.342 e. The van der Waals surface area contributed by atoms with E-state index in [1.807, 2.05) is 0 Å². The first-order chi connectivity index (χ1) is 11.3. The Bertz CT molecular complexity index is 792. The molecule has 0 saturated carbocycles. The number of halogens is 2. The van der Waals surface area contributed by atoms with Crippen LogP contribution >= 0.6 is 0 Å². The molecule has 1 unspecified atom stereocenters. The number of hydrogen-bond acceptors (Lipinski definition) is 4. The van der Waals surface area contributed by atoms with E-state index in [9.17, 15) is 23.5 Å². The fourth-order valence-corrected chi connectivity index (χ4v) is 1.92. The molecule has 1 amide bonds. The summed E-state index contributed by atoms with van der Waals surface area (Å²) in [4.78, 5) is 24.0. The maximum absolute atomic E-state index is 13.5. The number of carbonyl (C=O) groups excluding carboxylic acids is 2. The van der Waals surface area contributed by atoms with E-state index in [1.54, 1.807) is 13.0 Å². The summed E-state index contributed by atoms with van der Waals surface area (Å²) in [6, 6.07) is 6.94. The van der Waals surface area contributed by atoms with Gasteiger partial charge < -0.3 is 15.2 Å². The van der Waals surface area contributed by atoms with E-state index in [1.165, 1.54) is 19.1 Å². The largest absolute Gasteiger partial charge is 0.507 e. The minimum Gasteiger partial charge on any atom is -0.507 e. The first-order valence-electron chi connectivity index (χ1n) is 7.04. The summed E-state index contributed by atoms with van der Waals surface area (Å²) in [5.74, 6) is -3.56. The molecule has 7 heteroatoms. The Kier molecular flexibility index (Phi) is 5.13. The van der Waals surface area contributed by atoms with Gasteiger partial charge in [0.1, 0.15) is 22.9 Å². The zero-order chi connectivity index (χ0) is 17.9. The summed E-state index contributed by atoms with van der Waals surface area (Å²) < 4.78 is 31.5. The molecule has 0 radical (unpaired) electrons. The quantitative estimate of drug-likeness (QED) is 0.842. The molecule has 2 rings (SSSR count). The lowest BCUT2D eigenvalue weighted by Gasteiger charge is -2.14. The van der Waals surface area contributed by atoms with Gasteiger partial charge >= 0.3 is 5.97 Å². The number of aryl methyl sites for hydroxylation is 1. The van der Waals surface area contributed by atoms with Crippen LogP contribution in [0.2, 0.25) is 0 Å². The van der Waals surface area contributed by atoms with Gasteiger partial charge in [-0.25, -0.2) is 13.6 Å². The summed E-state index contributed by atoms with van der Waals surface area (Å²) in [5.41, 5.74) is 0.270. The monoisotopic (exact) mass is 335 g/mol. The molecular weight excluding hydrogens is 320 g/mol. The van der Waals surface area contributed by atoms with Crippen molar-refractivity contribution < 1.29 is 28.2 Å². The molecule has 0 aliphatic heterocycles. The number of hydrogen-bond donors (Lipinski definition) is 2. The molecule has 0 fully saturated rings. The van der Waals surface area contributed by atoms with Crippen LogP contribution in [0.1, 0.15) is 22.8 Å². The Morgan fingerprint density at radius 2 is 1.88 bits per heavy atom. The summed E-state index contributed by atoms with van der Waals surface area (Å²) in [6.45, 7) is 3.00. The second kappa shape index (κ2) is 7.08. The average Bonchev–Trinajstić information content (AvgIpc) is 2.53. The van der Waals surface area contributed by atoms with Gasteiger partial charge in [0.25, 0.3) is 5.91 Å². The van der Waals surface area contributed by atoms with Gasteiger partial charge in [0.2, 0.25) is 0 Å². The van der Waals surface area contributed by atoms with Crippen LogP contribution in [-0.2, 0) is 9.53 Å². The number of phenolic OH excluding ortho intramolecular Hbond substituents is 1. The van der Waals surface area contributed by atoms with Crippen molar-refractivity contribution in [1.82, 2.24) is 0 Å². The van der Waals surface area contributed by atoms with Gasteiger partial charge in [0.15, 0.2) is 6.10 Å². The summed E-state index contributed by atoms with van der Waals surface area (Å²) in [6.07, 6.45) is -1.28. The van der Waals surface area contributed by atoms with Crippen LogP contribution in [0.5, 0.6) is 5.75 Å². The van der Waals surface area contributed by atoms with E-state index in [0.717, 1.165) is 23.8 Å². The Morgan fingerprint density at radius 3 is 2.58 bits per heavy atom. The number of amides is 1. The Hall–Kier alpha value is -2.96. The highest BCUT2D eigenvalue weighted by Gasteiger charge is 2.22. The summed E-state index contributed by atoms with van der Waals surface area (Å²) in [5, 5.41) is 11.8. The fourth-order valence-electron chi connectivity index (χ4n) is 1.92. The van der Waals surface area contributed by atoms with Gasteiger partial charge in [-0.15, -0.1) is 0 Å². The third-order valence-electron chi connectivity index (χ3n) is 3.21. The van der Waals surface area contributed by atoms with Crippen LogP contribution in [0.3, 0.4) is 0 Å². The molecule has 0 aliphatic carbocycles. The Balaban J connectivity index is 2.07. The van der Waals surface area contributed by atoms with E-state index >= 15 is 0 Å². The molecule has 0 aromatic heterocycles. The number of rotatable bonds is 4. The Morgan fingerprint density at radius 1 is 1.17 bits per heavy atom. The molecular formula is C17H15F2NO4. The van der Waals surface area contributed by atoms with Crippen molar-refractivity contribution in [3.63, 3.8) is 0 Å². The Labute approximate surface area is 136 Å². The highest BCUT2D eigenvalue weighted by molar-refractivity contribution is 5.98. The first-order valence-corrected chi connectivity index (χ1v) is 7.04. The van der Waals surface area contributed by atoms with Gasteiger partial charge in [-0.1, -0.05) is 11.6 Å². The minimum absolute atomic E-state index is 0.0911. The molecule has 126 valence electrons. The summed E-state index contributed by atoms with van der Waals surface area (Å²) in [7, 11) is 0. The van der Waals surface area contributed by atoms with Gasteiger partial charge in [-0.3, -0.25) is 4.79 Å². The predicted octanol–water partition coefficient (Wildman–Crippen LogP) is 3.16. The number of phenols is 1. The molecule has 2 aromatic carbocycles. The molecule has 2 N–H and O–H groups in total. The minimum atomic E-state index is -1.28. The standard InChI is InChI=1S/C17H15F2NO4/c1-9-3-6-15(21)12(7-9)17(23)24-10(2)16(22)20-14-8-11(18)4-5-13(14)19/h3-8,10,21H,1-2H3,(H,20,22). The van der Waals surface area contributed by atoms with Crippen molar-refractivity contribution in [2.45, 2.75) is 20.0 Å². The van der Waals surface area contributed by atoms with Gasteiger partial charge in [-0.05, 0) is 38.1 Å². The van der Waals surface area contributed by atoms with Gasteiger partial charge in [0, 0.05) is 6.07 Å². The molecule has 0 aliphatic rings. The van der Waals surface area contributed by atoms with Crippen LogP contribution in [0.4, 0.5) is 14.5 Å². The summed E-state index contributed by atoms with van der Waals surface area (Å²) >= 11 is 0. The average molecular weight is 335 g/mol. The number of aromatic hydroxyl groups is 1. The fraction of sp³-hybridized carbons (Fsp3) is 0.176. The molecule has 0 spiro atoms. The lowest BCUT2D eigenvalue weighted by atomic mass is 10.1. The van der Waals surface area contributed by atoms with Crippen molar-refractivity contribution in [2.24, 2.45) is 0 Å². The maximum atomic E-state index is 13.5. The van der Waals surface area contributed by atoms with Crippen molar-refractivity contribution in [3.8, 4) is 5.75 Å². The lowest BCUT2D eigenvalue weighted by molar-refractivity contribution is -0.123. The second-order valence-electron chi connectivity index (χ2n) is 5.18. The number of anilines is 1. The van der Waals surface area contributed by atoms with E-state index in [-0.39, 0.29) is 17.0 Å². The zero-order valence-corrected chi connectivity index (χ0v) is 13.0. The molecule has 0 heterocycles. The third kappa shape index (κ3) is 4.07. The lowest BCUT2D eigenvalue weighted by Crippen LogP contribution is -2.30. The van der Waals surface area contributed by atoms with E-state index in [2.05, 4.69) is 5.32 Å². The molecule has 0 saturated heterocycles. The van der Waals surface area contributed by atoms with Crippen molar-refractivity contribution in [3.05, 3.63) is 59.2 Å². The van der Waals surface area contributed by atoms with Crippen molar-refractivity contribution in [2.75, 3.05) is 5.32 Å². The van der Waals surface area contributed by atoms with Crippen molar-refractivity contribution >= 4 is 17.6 Å². The number of nitrogens with one attached hydrogen (secondary N) is 1. The molecule has 2 aromatic rings. The third-order valence-corrected chi connectivity index (χ3v) is 3.21. The second-order valence-corrected chi connectivity index (χ2v) is 5.18. The number of esters is 1. The predicted molar refractivity (Wildman–Crippen MR) is 82.7 cm³/mol. The van der Waals surface area contributed by atoms with Crippen LogP contribution in [-0.4, -0.2) is 23.1 Å². The van der Waals surface area contributed by atoms with E-state index < -0.39 is 29.6 Å². The van der Waals surface area contributed by atoms with Crippen molar-refractivity contribution in [1.29, 1.82) is 0 Å². The van der Waals surface area contributed by atoms with Gasteiger partial charge in [-0.2, -0.15) is 0 Å². The highest BCUT2D eigenvalue weighted by atomic mass is 19.1. The normalized spacial score (nSPS) is 11.7. The van der Waals surface area contributed by atoms with Crippen LogP contribution in [0.15, 0.2) is 36.4 Å². The first kappa shape index (κ1) is 17.4. The van der Waals surface area contributed by atoms with Crippen LogP contribution in [0.25, 0.3) is 0 Å². The van der Waals surface area contributed by atoms with Crippen LogP contribution < -0.4 is 5.32 Å². The van der Waals surface area contributed by atoms with Crippen LogP contribution in [0, 0.1) is 18.6 Å². The molecule has 24 heavy (non-hydrogen) atoms. The number of ether oxygens (including phenoxy) is 1. The molecule has 5 nitrogen and oxygen atoms in total. The molecule has 0 bridgehead atoms. The number of carbonyl (C=O) groups is 2. The van der Waals surface area contributed by atoms with Gasteiger partial charge in [0.05, 0.1) is 5.69 Å². The topological polar surface area (TPSA) is 75.6 Å². The van der Waals surface area contributed by atoms with E-state index in [0.29, 0.717) is 0 Å². The number of benzene rings is 2. The zero-order valence-electron chi connectivity index (χ0n) is 13.0. The molecule has 1 atom stereocenters. The highest BCUT2D eigenvalue weighted by Crippen LogP contribution is 2.20. The smallest absolute Gasteiger partial charge is 0.342 e. The SMILES string of the molecule is Cc1ccc(O)c(C(=O)OC(C)C(=O)Nc2cc(F)ccc2F)c1.